The van der Waals surface area contributed by atoms with E-state index >= 15 is 0 Å². The zero-order valence-corrected chi connectivity index (χ0v) is 5.79. The van der Waals surface area contributed by atoms with Crippen LogP contribution in [0.5, 0.6) is 5.75 Å². The van der Waals surface area contributed by atoms with Gasteiger partial charge in [-0.15, -0.1) is 0 Å². The van der Waals surface area contributed by atoms with Crippen molar-refractivity contribution in [1.82, 2.24) is 0 Å². The molecular formula is C7H8FNO2. The average Bonchev–Trinajstić information content (AvgIpc) is 2.07. The molecule has 0 aliphatic heterocycles. The highest BCUT2D eigenvalue weighted by Gasteiger charge is 1.93. The summed E-state index contributed by atoms with van der Waals surface area (Å²) < 4.78 is 11.1. The fraction of sp³-hybridized carbons (Fsp3) is 0.143. The van der Waals surface area contributed by atoms with Crippen molar-refractivity contribution in [3.63, 3.8) is 0 Å². The van der Waals surface area contributed by atoms with E-state index in [0.717, 1.165) is 5.56 Å². The highest BCUT2D eigenvalue weighted by Crippen LogP contribution is 2.11. The first-order valence-corrected chi connectivity index (χ1v) is 3.11. The molecule has 1 aromatic rings. The Hall–Kier alpha value is -1.13. The topological polar surface area (TPSA) is 44.5 Å². The maximum absolute atomic E-state index is 11.1. The molecular weight excluding hydrogens is 149 g/mol. The van der Waals surface area contributed by atoms with Gasteiger partial charge in [0.1, 0.15) is 0 Å². The van der Waals surface area contributed by atoms with Crippen LogP contribution in [-0.2, 0) is 11.6 Å². The molecule has 0 aliphatic carbocycles. The van der Waals surface area contributed by atoms with E-state index in [0.29, 0.717) is 12.3 Å². The van der Waals surface area contributed by atoms with Crippen molar-refractivity contribution < 1.29 is 14.5 Å². The summed E-state index contributed by atoms with van der Waals surface area (Å²) in [6.07, 6.45) is 0. The minimum absolute atomic E-state index is 0.310. The number of rotatable bonds is 3. The van der Waals surface area contributed by atoms with Crippen LogP contribution in [0.1, 0.15) is 5.56 Å². The first-order valence-electron chi connectivity index (χ1n) is 3.11. The number of hydrogen-bond donors (Lipinski definition) is 1. The number of hydrogen-bond acceptors (Lipinski definition) is 3. The first kappa shape index (κ1) is 7.97. The maximum Gasteiger partial charge on any atom is 0.169 e. The molecule has 0 atom stereocenters. The third kappa shape index (κ3) is 2.18. The summed E-state index contributed by atoms with van der Waals surface area (Å²) in [6, 6.07) is 6.60. The fourth-order valence-electron chi connectivity index (χ4n) is 0.717. The molecule has 0 amide bonds. The van der Waals surface area contributed by atoms with Crippen molar-refractivity contribution in [3.8, 4) is 5.75 Å². The van der Waals surface area contributed by atoms with Crippen molar-refractivity contribution in [1.29, 1.82) is 0 Å². The lowest BCUT2D eigenvalue weighted by Gasteiger charge is -1.98. The van der Waals surface area contributed by atoms with Crippen LogP contribution < -0.4 is 10.6 Å². The van der Waals surface area contributed by atoms with E-state index in [1.165, 1.54) is 0 Å². The molecule has 0 spiro atoms. The van der Waals surface area contributed by atoms with Crippen LogP contribution in [0, 0.1) is 0 Å². The van der Waals surface area contributed by atoms with E-state index in [1.807, 2.05) is 0 Å². The first-order chi connectivity index (χ1) is 5.36. The molecule has 4 heteroatoms. The van der Waals surface area contributed by atoms with Gasteiger partial charge in [0, 0.05) is 11.6 Å². The smallest absolute Gasteiger partial charge is 0.169 e. The summed E-state index contributed by atoms with van der Waals surface area (Å²) >= 11 is 0. The predicted octanol–water partition coefficient (Wildman–Crippen LogP) is 1.34. The van der Waals surface area contributed by atoms with Gasteiger partial charge in [-0.1, -0.05) is 12.1 Å². The van der Waals surface area contributed by atoms with Gasteiger partial charge in [-0.3, -0.25) is 0 Å². The van der Waals surface area contributed by atoms with Gasteiger partial charge in [-0.2, -0.15) is 0 Å². The summed E-state index contributed by atoms with van der Waals surface area (Å²) in [5, 5.41) is 2.97. The Kier molecular flexibility index (Phi) is 2.83. The lowest BCUT2D eigenvalue weighted by molar-refractivity contribution is -0.367. The lowest BCUT2D eigenvalue weighted by Crippen LogP contribution is -1.95. The minimum atomic E-state index is 0.310. The average molecular weight is 157 g/mol. The minimum Gasteiger partial charge on any atom is -0.326 e. The second-order valence-electron chi connectivity index (χ2n) is 1.99. The van der Waals surface area contributed by atoms with Crippen molar-refractivity contribution in [2.75, 3.05) is 0 Å². The van der Waals surface area contributed by atoms with Gasteiger partial charge in [0.15, 0.2) is 5.75 Å². The molecule has 1 rings (SSSR count). The van der Waals surface area contributed by atoms with Crippen LogP contribution in [0.4, 0.5) is 4.53 Å². The molecule has 60 valence electrons. The van der Waals surface area contributed by atoms with Crippen LogP contribution in [-0.4, -0.2) is 0 Å². The van der Waals surface area contributed by atoms with Gasteiger partial charge in [-0.25, -0.2) is 0 Å². The van der Waals surface area contributed by atoms with Crippen molar-refractivity contribution in [2.45, 2.75) is 6.54 Å². The molecule has 0 bridgehead atoms. The Morgan fingerprint density at radius 3 is 2.36 bits per heavy atom. The van der Waals surface area contributed by atoms with Crippen molar-refractivity contribution in [2.24, 2.45) is 5.73 Å². The quantitative estimate of drug-likeness (QED) is 0.532. The standard InChI is InChI=1S/C7H8FNO2/c8-11-10-7-3-1-6(5-9)2-4-7/h1-4H,5,9H2. The molecule has 0 saturated carbocycles. The summed E-state index contributed by atoms with van der Waals surface area (Å²) in [7, 11) is 0. The zero-order chi connectivity index (χ0) is 8.10. The second-order valence-corrected chi connectivity index (χ2v) is 1.99. The largest absolute Gasteiger partial charge is 0.326 e. The van der Waals surface area contributed by atoms with Crippen LogP contribution in [0.15, 0.2) is 24.3 Å². The predicted molar refractivity (Wildman–Crippen MR) is 37.2 cm³/mol. The maximum atomic E-state index is 11.1. The molecule has 0 fully saturated rings. The van der Waals surface area contributed by atoms with Crippen molar-refractivity contribution in [3.05, 3.63) is 29.8 Å². The van der Waals surface area contributed by atoms with E-state index < -0.39 is 0 Å². The third-order valence-corrected chi connectivity index (χ3v) is 1.29. The van der Waals surface area contributed by atoms with Crippen LogP contribution in [0.3, 0.4) is 0 Å². The zero-order valence-electron chi connectivity index (χ0n) is 5.79. The Labute approximate surface area is 63.4 Å². The second kappa shape index (κ2) is 3.90. The fourth-order valence-corrected chi connectivity index (χ4v) is 0.717. The molecule has 1 aromatic carbocycles. The van der Waals surface area contributed by atoms with E-state index in [-0.39, 0.29) is 0 Å². The van der Waals surface area contributed by atoms with E-state index in [9.17, 15) is 4.53 Å². The highest BCUT2D eigenvalue weighted by molar-refractivity contribution is 5.26. The summed E-state index contributed by atoms with van der Waals surface area (Å²) in [5.41, 5.74) is 6.28. The molecule has 3 nitrogen and oxygen atoms in total. The summed E-state index contributed by atoms with van der Waals surface area (Å²) in [4.78, 5) is 4.10. The normalized spacial score (nSPS) is 9.64. The number of nitrogens with two attached hydrogens (primary N) is 1. The Bertz CT molecular complexity index is 212. The van der Waals surface area contributed by atoms with Gasteiger partial charge in [0.25, 0.3) is 0 Å². The van der Waals surface area contributed by atoms with Crippen molar-refractivity contribution >= 4 is 0 Å². The van der Waals surface area contributed by atoms with Crippen LogP contribution in [0.25, 0.3) is 0 Å². The van der Waals surface area contributed by atoms with Crippen LogP contribution in [0.2, 0.25) is 0 Å². The van der Waals surface area contributed by atoms with Gasteiger partial charge in [0.05, 0.1) is 0 Å². The number of benzene rings is 1. The summed E-state index contributed by atoms with van der Waals surface area (Å²) in [5.74, 6) is 0.310. The van der Waals surface area contributed by atoms with E-state index in [1.54, 1.807) is 24.3 Å². The van der Waals surface area contributed by atoms with Gasteiger partial charge >= 0.3 is 0 Å². The molecule has 2 N–H and O–H groups in total. The van der Waals surface area contributed by atoms with Gasteiger partial charge in [-0.05, 0) is 22.2 Å². The molecule has 0 heterocycles. The molecule has 0 unspecified atom stereocenters. The lowest BCUT2D eigenvalue weighted by atomic mass is 10.2. The highest BCUT2D eigenvalue weighted by atomic mass is 19.3. The molecule has 0 saturated heterocycles. The molecule has 0 radical (unpaired) electrons. The molecule has 0 aliphatic rings. The van der Waals surface area contributed by atoms with E-state index in [4.69, 9.17) is 5.73 Å². The Morgan fingerprint density at radius 2 is 1.91 bits per heavy atom. The van der Waals surface area contributed by atoms with Gasteiger partial charge < -0.3 is 10.6 Å². The number of halogens is 1. The third-order valence-electron chi connectivity index (χ3n) is 1.29. The molecule has 11 heavy (non-hydrogen) atoms. The Morgan fingerprint density at radius 1 is 1.27 bits per heavy atom. The monoisotopic (exact) mass is 157 g/mol. The van der Waals surface area contributed by atoms with Gasteiger partial charge in [0.2, 0.25) is 0 Å². The molecule has 0 aromatic heterocycles. The summed E-state index contributed by atoms with van der Waals surface area (Å²) in [6.45, 7) is 0.455. The Balaban J connectivity index is 2.66. The SMILES string of the molecule is NCc1ccc(OOF)cc1. The van der Waals surface area contributed by atoms with Crippen LogP contribution >= 0.6 is 0 Å². The van der Waals surface area contributed by atoms with E-state index in [2.05, 4.69) is 9.98 Å².